The second-order valence-electron chi connectivity index (χ2n) is 20.3. The van der Waals surface area contributed by atoms with Crippen molar-refractivity contribution >= 4 is 45.3 Å². The monoisotopic (exact) mass is 810 g/mol. The summed E-state index contributed by atoms with van der Waals surface area (Å²) < 4.78 is 27.8. The Morgan fingerprint density at radius 1 is 0.912 bits per heavy atom. The first-order valence-electron chi connectivity index (χ1n) is 20.2. The van der Waals surface area contributed by atoms with E-state index in [1.54, 1.807) is 39.5 Å². The molecule has 4 aliphatic carbocycles. The Kier molecular flexibility index (Phi) is 10.1. The topological polar surface area (TPSA) is 204 Å². The molecule has 6 rings (SSSR count). The van der Waals surface area contributed by atoms with Crippen molar-refractivity contribution in [2.24, 2.45) is 33.0 Å². The van der Waals surface area contributed by atoms with E-state index < -0.39 is 85.2 Å². The number of H-pyrrole nitrogens is 1. The van der Waals surface area contributed by atoms with Gasteiger partial charge in [-0.2, -0.15) is 0 Å². The van der Waals surface area contributed by atoms with Crippen LogP contribution in [-0.2, 0) is 29.2 Å². The number of aryl methyl sites for hydroxylation is 1. The lowest BCUT2D eigenvalue weighted by Gasteiger charge is -2.38. The number of ketones is 1. The van der Waals surface area contributed by atoms with Gasteiger partial charge in [0.15, 0.2) is 5.78 Å². The maximum atomic E-state index is 15.1. The largest absolute Gasteiger partial charge is 0.354 e. The molecule has 5 aliphatic rings. The molecule has 15 heteroatoms. The number of hydrogen-bond donors (Lipinski definition) is 5. The van der Waals surface area contributed by atoms with Gasteiger partial charge in [0.25, 0.3) is 11.8 Å². The summed E-state index contributed by atoms with van der Waals surface area (Å²) in [6, 6.07) is -3.27. The van der Waals surface area contributed by atoms with Gasteiger partial charge >= 0.3 is 0 Å². The number of amides is 5. The molecule has 5 N–H and O–H groups in total. The van der Waals surface area contributed by atoms with E-state index in [1.165, 1.54) is 13.0 Å². The average molecular weight is 811 g/mol. The summed E-state index contributed by atoms with van der Waals surface area (Å²) in [7, 11) is -3.90. The second kappa shape index (κ2) is 13.5. The maximum absolute atomic E-state index is 15.1. The first-order chi connectivity index (χ1) is 26.1. The normalized spacial score (nSPS) is 28.2. The van der Waals surface area contributed by atoms with E-state index in [2.05, 4.69) is 46.1 Å². The highest BCUT2D eigenvalue weighted by Crippen LogP contribution is 2.88. The minimum atomic E-state index is -3.90. The number of carbonyl (C=O) groups is 6. The smallest absolute Gasteiger partial charge is 0.269 e. The number of carbonyl (C=O) groups excluding carboxylic acids is 6. The van der Waals surface area contributed by atoms with Crippen LogP contribution in [0.5, 0.6) is 0 Å². The van der Waals surface area contributed by atoms with Crippen LogP contribution in [0, 0.1) is 46.8 Å². The van der Waals surface area contributed by atoms with Gasteiger partial charge in [0.1, 0.15) is 29.4 Å². The van der Waals surface area contributed by atoms with Gasteiger partial charge in [0, 0.05) is 23.6 Å². The van der Waals surface area contributed by atoms with Crippen molar-refractivity contribution in [2.45, 2.75) is 150 Å². The number of sulfonamides is 1. The van der Waals surface area contributed by atoms with Crippen molar-refractivity contribution in [1.29, 1.82) is 0 Å². The van der Waals surface area contributed by atoms with Crippen molar-refractivity contribution in [2.75, 3.05) is 6.54 Å². The van der Waals surface area contributed by atoms with Crippen molar-refractivity contribution in [3.05, 3.63) is 35.2 Å². The Labute approximate surface area is 336 Å². The van der Waals surface area contributed by atoms with Gasteiger partial charge < -0.3 is 25.8 Å². The molecule has 2 heterocycles. The van der Waals surface area contributed by atoms with Crippen LogP contribution < -0.4 is 20.7 Å². The summed E-state index contributed by atoms with van der Waals surface area (Å²) in [6.07, 6.45) is 5.98. The number of Topliss-reactive ketones (excluding diaryl/α,β-unsaturated/α-hetero) is 1. The summed E-state index contributed by atoms with van der Waals surface area (Å²) in [6.45, 7) is 24.2. The van der Waals surface area contributed by atoms with E-state index in [-0.39, 0.29) is 46.3 Å². The van der Waals surface area contributed by atoms with Gasteiger partial charge in [-0.15, -0.1) is 6.58 Å². The summed E-state index contributed by atoms with van der Waals surface area (Å²) in [4.78, 5) is 88.5. The predicted molar refractivity (Wildman–Crippen MR) is 214 cm³/mol. The third-order valence-corrected chi connectivity index (χ3v) is 16.3. The number of aromatic nitrogens is 1. The molecule has 1 aliphatic heterocycles. The van der Waals surface area contributed by atoms with Crippen molar-refractivity contribution in [3.63, 3.8) is 0 Å². The molecule has 314 valence electrons. The number of hydrogen-bond acceptors (Lipinski definition) is 8. The summed E-state index contributed by atoms with van der Waals surface area (Å²) >= 11 is 0. The summed E-state index contributed by atoms with van der Waals surface area (Å²) in [5.74, 6) is -3.87. The lowest BCUT2D eigenvalue weighted by Crippen LogP contribution is -2.63. The van der Waals surface area contributed by atoms with Gasteiger partial charge in [-0.25, -0.2) is 8.42 Å². The maximum Gasteiger partial charge on any atom is 0.269 e. The van der Waals surface area contributed by atoms with E-state index in [1.807, 2.05) is 20.8 Å². The van der Waals surface area contributed by atoms with Crippen molar-refractivity contribution < 1.29 is 37.2 Å². The molecule has 1 aromatic rings. The van der Waals surface area contributed by atoms with Gasteiger partial charge in [0.05, 0.1) is 10.8 Å². The summed E-state index contributed by atoms with van der Waals surface area (Å²) in [5.41, 5.74) is -2.23. The number of aromatic amines is 1. The summed E-state index contributed by atoms with van der Waals surface area (Å²) in [5, 5.41) is 8.06. The number of fused-ring (bicyclic) bond motifs is 1. The molecule has 5 fully saturated rings. The van der Waals surface area contributed by atoms with Crippen LogP contribution in [-0.4, -0.2) is 89.1 Å². The first kappa shape index (κ1) is 42.6. The number of rotatable bonds is 12. The second-order valence-corrected chi connectivity index (χ2v) is 22.2. The third-order valence-electron chi connectivity index (χ3n) is 14.5. The zero-order valence-electron chi connectivity index (χ0n) is 35.4. The zero-order chi connectivity index (χ0) is 42.6. The molecule has 6 atom stereocenters. The van der Waals surface area contributed by atoms with E-state index in [0.29, 0.717) is 30.5 Å². The van der Waals surface area contributed by atoms with Crippen LogP contribution in [0.25, 0.3) is 0 Å². The van der Waals surface area contributed by atoms with Crippen LogP contribution in [0.15, 0.2) is 12.7 Å². The molecular formula is C42H62N6O8S. The highest BCUT2D eigenvalue weighted by atomic mass is 32.2. The third kappa shape index (κ3) is 6.73. The Morgan fingerprint density at radius 2 is 1.51 bits per heavy atom. The molecule has 1 saturated heterocycles. The Balaban J connectivity index is 1.29. The van der Waals surface area contributed by atoms with Crippen molar-refractivity contribution in [3.8, 4) is 0 Å². The number of likely N-dealkylation sites (tertiary alicyclic amines) is 1. The lowest BCUT2D eigenvalue weighted by molar-refractivity contribution is -0.145. The highest BCUT2D eigenvalue weighted by Gasteiger charge is 2.85. The molecule has 0 aromatic carbocycles. The predicted octanol–water partition coefficient (Wildman–Crippen LogP) is 3.98. The molecule has 5 amide bonds. The van der Waals surface area contributed by atoms with Crippen LogP contribution in [0.1, 0.15) is 139 Å². The van der Waals surface area contributed by atoms with Crippen LogP contribution in [0.2, 0.25) is 0 Å². The van der Waals surface area contributed by atoms with E-state index in [4.69, 9.17) is 0 Å². The van der Waals surface area contributed by atoms with Crippen molar-refractivity contribution in [1.82, 2.24) is 30.6 Å². The minimum absolute atomic E-state index is 0.0560. The molecular weight excluding hydrogens is 749 g/mol. The SMILES string of the molecule is C=C[C@@H]1C[C@]1(NC(=O)[C@@H]1C[C@@]2(CN1C(=O)[C@@H](NC(=O)[C@@H](NC(=O)c1[nH]c(C)c(C)c1C(C)=O)C(C)(C)C)C(C)(C)C)C(C)(C)C21CCC1)C(=O)NS(=O)(=O)C1CC1. The molecule has 0 unspecified atom stereocenters. The van der Waals surface area contributed by atoms with Gasteiger partial charge in [0.2, 0.25) is 27.7 Å². The van der Waals surface area contributed by atoms with E-state index in [0.717, 1.165) is 19.3 Å². The first-order valence-corrected chi connectivity index (χ1v) is 21.8. The quantitative estimate of drug-likeness (QED) is 0.154. The molecule has 4 saturated carbocycles. The molecule has 14 nitrogen and oxygen atoms in total. The molecule has 0 radical (unpaired) electrons. The van der Waals surface area contributed by atoms with Gasteiger partial charge in [-0.05, 0) is 86.5 Å². The van der Waals surface area contributed by atoms with Crippen LogP contribution in [0.3, 0.4) is 0 Å². The van der Waals surface area contributed by atoms with Gasteiger partial charge in [-0.3, -0.25) is 33.5 Å². The number of nitrogens with zero attached hydrogens (tertiary/aromatic N) is 1. The fourth-order valence-electron chi connectivity index (χ4n) is 10.3. The van der Waals surface area contributed by atoms with Crippen LogP contribution in [0.4, 0.5) is 0 Å². The average Bonchev–Trinajstić information content (AvgIpc) is 4.00. The molecule has 57 heavy (non-hydrogen) atoms. The van der Waals surface area contributed by atoms with E-state index >= 15 is 4.79 Å². The molecule has 2 spiro atoms. The molecule has 1 aromatic heterocycles. The Morgan fingerprint density at radius 3 is 1.96 bits per heavy atom. The van der Waals surface area contributed by atoms with Crippen LogP contribution >= 0.6 is 0 Å². The standard InChI is InChI=1S/C42H62N6O8S/c1-13-25-19-42(25,36(54)47-57(55,56)26-15-16-26)46-32(50)27-20-41(39(11,12)40(41)17-14-18-40)21-48(27)35(53)31(38(8,9)10)45-34(52)30(37(5,6)7)44-33(51)29-28(24(4)49)22(2)23(3)43-29/h13,25-27,30-31,43H,1,14-21H2,2-12H3,(H,44,51)(H,45,52)(H,46,50)(H,47,54)/t25-,27+,30-,31-,41-,42-/m1/s1. The fourth-order valence-corrected chi connectivity index (χ4v) is 11.7. The fraction of sp³-hybridized carbons (Fsp3) is 0.714. The Bertz CT molecular complexity index is 2050. The highest BCUT2D eigenvalue weighted by molar-refractivity contribution is 7.91. The minimum Gasteiger partial charge on any atom is -0.354 e. The van der Waals surface area contributed by atoms with Gasteiger partial charge in [-0.1, -0.05) is 67.9 Å². The zero-order valence-corrected chi connectivity index (χ0v) is 36.3. The Hall–Kier alpha value is -4.01. The molecule has 0 bridgehead atoms. The van der Waals surface area contributed by atoms with E-state index in [9.17, 15) is 32.4 Å². The number of nitrogens with one attached hydrogen (secondary N) is 5. The lowest BCUT2D eigenvalue weighted by atomic mass is 9.73.